The van der Waals surface area contributed by atoms with E-state index in [1.807, 2.05) is 21.1 Å². The summed E-state index contributed by atoms with van der Waals surface area (Å²) in [6, 6.07) is 0. The molecule has 9 nitrogen and oxygen atoms in total. The second-order valence-electron chi connectivity index (χ2n) is 30.5. The molecular formula is C93H166NO8+. The van der Waals surface area contributed by atoms with Gasteiger partial charge in [0.05, 0.1) is 34.4 Å². The summed E-state index contributed by atoms with van der Waals surface area (Å²) >= 11 is 0. The molecule has 0 saturated heterocycles. The standard InChI is InChI=1S/C93H165NO8/c1-6-8-10-12-14-16-18-20-22-24-26-28-30-32-34-36-38-40-42-44-45-46-47-48-50-52-54-56-58-60-62-64-66-68-70-72-74-76-78-80-82-84-91(96)102-89(88-101-93(92(97)98)99-86-85-94(3,4)5)87-100-90(95)83-81-79-77-75-73-71-69-67-65-63-61-59-57-55-53-51-49-43-41-39-37-35-33-31-29-27-25-23-21-19-17-15-13-11-9-7-2/h8,10,14,16,20,22,26,28,32,34,38,40,44-45,47-48,52,54,89,93H,6-7,9,11-13,15,17-19,21,23-25,27,29-31,33,35-37,39,41-43,46,49-51,53,55-88H2,1-5H3/p+1/b10-8-,16-14-,22-20-,28-26-,34-32-,40-38-,45-44-,48-47-,54-52-. The Kier molecular flexibility index (Phi) is 79.3. The van der Waals surface area contributed by atoms with Gasteiger partial charge in [-0.15, -0.1) is 0 Å². The number of nitrogens with zero attached hydrogens (tertiary/aromatic N) is 1. The first kappa shape index (κ1) is 98.0. The zero-order chi connectivity index (χ0) is 73.9. The van der Waals surface area contributed by atoms with E-state index in [0.29, 0.717) is 17.4 Å². The molecule has 2 unspecified atom stereocenters. The molecule has 9 heteroatoms. The van der Waals surface area contributed by atoms with E-state index in [2.05, 4.69) is 123 Å². The molecule has 0 fully saturated rings. The summed E-state index contributed by atoms with van der Waals surface area (Å²) in [6.45, 7) is 4.82. The van der Waals surface area contributed by atoms with E-state index in [1.54, 1.807) is 0 Å². The van der Waals surface area contributed by atoms with Crippen LogP contribution < -0.4 is 0 Å². The summed E-state index contributed by atoms with van der Waals surface area (Å²) in [7, 11) is 5.99. The van der Waals surface area contributed by atoms with Crippen LogP contribution in [-0.2, 0) is 33.3 Å². The molecule has 0 heterocycles. The Bertz CT molecular complexity index is 2060. The lowest BCUT2D eigenvalue weighted by Gasteiger charge is -2.25. The first-order chi connectivity index (χ1) is 50.1. The topological polar surface area (TPSA) is 108 Å². The molecule has 0 aliphatic carbocycles. The number of hydrogen-bond donors (Lipinski definition) is 1. The molecule has 0 aromatic carbocycles. The number of carboxylic acids is 1. The summed E-state index contributed by atoms with van der Waals surface area (Å²) < 4.78 is 23.1. The Morgan fingerprint density at radius 1 is 0.304 bits per heavy atom. The maximum atomic E-state index is 13.0. The van der Waals surface area contributed by atoms with Crippen molar-refractivity contribution in [2.45, 2.75) is 418 Å². The number of aliphatic carboxylic acids is 1. The average Bonchev–Trinajstić information content (AvgIpc) is 0.999. The number of hydrogen-bond acceptors (Lipinski definition) is 7. The first-order valence-electron chi connectivity index (χ1n) is 43.6. The second kappa shape index (κ2) is 82.6. The summed E-state index contributed by atoms with van der Waals surface area (Å²) in [5.74, 6) is -1.99. The van der Waals surface area contributed by atoms with Crippen molar-refractivity contribution in [1.29, 1.82) is 0 Å². The van der Waals surface area contributed by atoms with Crippen molar-refractivity contribution >= 4 is 17.9 Å². The number of allylic oxidation sites excluding steroid dienone is 18. The highest BCUT2D eigenvalue weighted by Crippen LogP contribution is 2.20. The van der Waals surface area contributed by atoms with Crippen molar-refractivity contribution in [1.82, 2.24) is 0 Å². The zero-order valence-electron chi connectivity index (χ0n) is 67.8. The number of carbonyl (C=O) groups is 3. The van der Waals surface area contributed by atoms with E-state index in [4.69, 9.17) is 18.9 Å². The number of carbonyl (C=O) groups excluding carboxylic acids is 2. The van der Waals surface area contributed by atoms with E-state index in [-0.39, 0.29) is 32.2 Å². The van der Waals surface area contributed by atoms with Crippen LogP contribution in [0.3, 0.4) is 0 Å². The summed E-state index contributed by atoms with van der Waals surface area (Å²) in [5, 5.41) is 9.79. The molecule has 0 rings (SSSR count). The minimum atomic E-state index is -1.52. The van der Waals surface area contributed by atoms with Gasteiger partial charge in [-0.3, -0.25) is 9.59 Å². The third kappa shape index (κ3) is 83.2. The number of carboxylic acid groups (broad SMARTS) is 1. The molecule has 1 N–H and O–H groups in total. The minimum absolute atomic E-state index is 0.182. The number of likely N-dealkylation sites (N-methyl/N-ethyl adjacent to an activating group) is 1. The SMILES string of the molecule is CC/C=C\C/C=C\C/C=C\C/C=C\C/C=C\C/C=C\C/C=C\C/C=C\C/C=C\CCCCCCCCCCCCCCCC(=O)OC(COC(=O)CCCCCCCCCCCCCCCCCCCCCCCCCCCCCCCCCCCCCC)COC(OCC[N+](C)(C)C)C(=O)O. The summed E-state index contributed by atoms with van der Waals surface area (Å²) in [4.78, 5) is 37.8. The Labute approximate surface area is 632 Å². The Balaban J connectivity index is 3.99. The lowest BCUT2D eigenvalue weighted by Crippen LogP contribution is -2.40. The van der Waals surface area contributed by atoms with Gasteiger partial charge in [-0.2, -0.15) is 0 Å². The maximum Gasteiger partial charge on any atom is 0.361 e. The molecule has 0 saturated carbocycles. The van der Waals surface area contributed by atoms with Crippen LogP contribution in [0, 0.1) is 0 Å². The van der Waals surface area contributed by atoms with Crippen molar-refractivity contribution in [3.05, 3.63) is 109 Å². The molecule has 0 aliphatic rings. The van der Waals surface area contributed by atoms with Gasteiger partial charge in [0.2, 0.25) is 0 Å². The quantitative estimate of drug-likeness (QED) is 0.0211. The van der Waals surface area contributed by atoms with Crippen LogP contribution in [0.1, 0.15) is 406 Å². The highest BCUT2D eigenvalue weighted by Gasteiger charge is 2.25. The predicted molar refractivity (Wildman–Crippen MR) is 442 cm³/mol. The van der Waals surface area contributed by atoms with Gasteiger partial charge in [-0.05, 0) is 83.5 Å². The molecule has 0 aliphatic heterocycles. The number of unbranched alkanes of at least 4 members (excludes halogenated alkanes) is 48. The third-order valence-corrected chi connectivity index (χ3v) is 19.3. The Hall–Kier alpha value is -4.05. The molecule has 590 valence electrons. The highest BCUT2D eigenvalue weighted by atomic mass is 16.7. The number of quaternary nitrogens is 1. The van der Waals surface area contributed by atoms with E-state index in [1.165, 1.54) is 276 Å². The van der Waals surface area contributed by atoms with Gasteiger partial charge in [0.15, 0.2) is 6.10 Å². The third-order valence-electron chi connectivity index (χ3n) is 19.3. The smallest absolute Gasteiger partial charge is 0.361 e. The van der Waals surface area contributed by atoms with Gasteiger partial charge in [0, 0.05) is 12.8 Å². The fraction of sp³-hybridized carbons (Fsp3) is 0.774. The van der Waals surface area contributed by atoms with Crippen molar-refractivity contribution < 1.29 is 42.9 Å². The minimum Gasteiger partial charge on any atom is -0.477 e. The lowest BCUT2D eigenvalue weighted by atomic mass is 10.0. The number of ether oxygens (including phenoxy) is 4. The van der Waals surface area contributed by atoms with Crippen LogP contribution >= 0.6 is 0 Å². The average molecular weight is 1430 g/mol. The van der Waals surface area contributed by atoms with E-state index in [0.717, 1.165) is 103 Å². The van der Waals surface area contributed by atoms with Gasteiger partial charge in [-0.1, -0.05) is 419 Å². The number of rotatable bonds is 81. The van der Waals surface area contributed by atoms with Gasteiger partial charge in [0.25, 0.3) is 6.29 Å². The van der Waals surface area contributed by atoms with E-state index >= 15 is 0 Å². The lowest BCUT2D eigenvalue weighted by molar-refractivity contribution is -0.870. The first-order valence-corrected chi connectivity index (χ1v) is 43.6. The monoisotopic (exact) mass is 1430 g/mol. The van der Waals surface area contributed by atoms with Crippen LogP contribution in [0.4, 0.5) is 0 Å². The molecule has 0 spiro atoms. The zero-order valence-corrected chi connectivity index (χ0v) is 67.8. The summed E-state index contributed by atoms with van der Waals surface area (Å²) in [5.41, 5.74) is 0. The normalized spacial score (nSPS) is 13.1. The highest BCUT2D eigenvalue weighted by molar-refractivity contribution is 5.71. The van der Waals surface area contributed by atoms with E-state index in [9.17, 15) is 19.5 Å². The molecule has 0 aromatic heterocycles. The van der Waals surface area contributed by atoms with E-state index < -0.39 is 24.3 Å². The maximum absolute atomic E-state index is 13.0. The second-order valence-corrected chi connectivity index (χ2v) is 30.5. The fourth-order valence-electron chi connectivity index (χ4n) is 12.7. The Morgan fingerprint density at radius 2 is 0.559 bits per heavy atom. The molecular weight excluding hydrogens is 1260 g/mol. The van der Waals surface area contributed by atoms with Gasteiger partial charge >= 0.3 is 17.9 Å². The molecule has 0 amide bonds. The van der Waals surface area contributed by atoms with Crippen LogP contribution in [0.2, 0.25) is 0 Å². The van der Waals surface area contributed by atoms with Gasteiger partial charge < -0.3 is 28.5 Å². The molecule has 0 aromatic rings. The molecule has 0 radical (unpaired) electrons. The van der Waals surface area contributed by atoms with Crippen LogP contribution in [0.5, 0.6) is 0 Å². The molecule has 2 atom stereocenters. The van der Waals surface area contributed by atoms with Crippen LogP contribution in [-0.4, -0.2) is 87.4 Å². The van der Waals surface area contributed by atoms with Crippen LogP contribution in [0.25, 0.3) is 0 Å². The largest absolute Gasteiger partial charge is 0.477 e. The molecule has 102 heavy (non-hydrogen) atoms. The fourth-order valence-corrected chi connectivity index (χ4v) is 12.7. The number of esters is 2. The van der Waals surface area contributed by atoms with Gasteiger partial charge in [-0.25, -0.2) is 4.79 Å². The van der Waals surface area contributed by atoms with Gasteiger partial charge in [0.1, 0.15) is 13.2 Å². The predicted octanol–water partition coefficient (Wildman–Crippen LogP) is 28.4. The summed E-state index contributed by atoms with van der Waals surface area (Å²) in [6.07, 6.45) is 114. The van der Waals surface area contributed by atoms with Crippen molar-refractivity contribution in [3.63, 3.8) is 0 Å². The van der Waals surface area contributed by atoms with Crippen LogP contribution in [0.15, 0.2) is 109 Å². The van der Waals surface area contributed by atoms with Crippen molar-refractivity contribution in [2.75, 3.05) is 47.5 Å². The van der Waals surface area contributed by atoms with Crippen molar-refractivity contribution in [2.24, 2.45) is 0 Å². The molecule has 0 bridgehead atoms. The Morgan fingerprint density at radius 3 is 0.833 bits per heavy atom. The van der Waals surface area contributed by atoms with Crippen molar-refractivity contribution in [3.8, 4) is 0 Å².